The van der Waals surface area contributed by atoms with Gasteiger partial charge in [0.15, 0.2) is 0 Å². The van der Waals surface area contributed by atoms with Crippen LogP contribution in [0.2, 0.25) is 5.02 Å². The number of alkyl halides is 3. The summed E-state index contributed by atoms with van der Waals surface area (Å²) in [6.07, 6.45) is -3.16. The molecule has 1 heterocycles. The van der Waals surface area contributed by atoms with Crippen LogP contribution in [0.5, 0.6) is 0 Å². The van der Waals surface area contributed by atoms with Gasteiger partial charge < -0.3 is 5.11 Å². The highest BCUT2D eigenvalue weighted by atomic mass is 35.5. The first-order valence-corrected chi connectivity index (χ1v) is 16.1. The van der Waals surface area contributed by atoms with E-state index in [0.717, 1.165) is 54.9 Å². The Morgan fingerprint density at radius 3 is 2.23 bits per heavy atom. The predicted molar refractivity (Wildman–Crippen MR) is 168 cm³/mol. The van der Waals surface area contributed by atoms with Crippen molar-refractivity contribution in [1.82, 2.24) is 14.7 Å². The Labute approximate surface area is 265 Å². The second-order valence-corrected chi connectivity index (χ2v) is 13.2. The first-order chi connectivity index (χ1) is 20.7. The van der Waals surface area contributed by atoms with Gasteiger partial charge >= 0.3 is 12.3 Å². The molecule has 0 spiro atoms. The Hall–Kier alpha value is -2.17. The van der Waals surface area contributed by atoms with Crippen LogP contribution < -0.4 is 0 Å². The molecular weight excluding hydrogens is 591 g/mol. The van der Waals surface area contributed by atoms with Crippen LogP contribution in [-0.2, 0) is 9.53 Å². The third-order valence-corrected chi connectivity index (χ3v) is 9.82. The molecule has 2 fully saturated rings. The quantitative estimate of drug-likeness (QED) is 0.272. The van der Waals surface area contributed by atoms with Gasteiger partial charge in [0, 0.05) is 49.8 Å². The molecule has 2 aliphatic rings. The van der Waals surface area contributed by atoms with E-state index in [0.29, 0.717) is 30.5 Å². The molecule has 6 nitrogen and oxygen atoms in total. The normalized spacial score (nSPS) is 22.0. The zero-order valence-corrected chi connectivity index (χ0v) is 27.3. The van der Waals surface area contributed by atoms with Crippen molar-refractivity contribution in [2.45, 2.75) is 96.3 Å². The number of likely N-dealkylation sites (N-methyl/N-ethyl adjacent to an activating group) is 1. The first-order valence-electron chi connectivity index (χ1n) is 15.8. The molecule has 2 aromatic carbocycles. The number of hydrogen-bond donors (Lipinski definition) is 1. The maximum absolute atomic E-state index is 12.9. The minimum Gasteiger partial charge on any atom is -0.480 e. The number of benzene rings is 2. The molecular formula is C34H47ClF3N3O3. The second-order valence-electron chi connectivity index (χ2n) is 12.8. The van der Waals surface area contributed by atoms with Gasteiger partial charge in [0.2, 0.25) is 0 Å². The molecule has 10 heteroatoms. The van der Waals surface area contributed by atoms with Crippen molar-refractivity contribution in [2.75, 3.05) is 39.8 Å². The number of hydrogen-bond acceptors (Lipinski definition) is 5. The van der Waals surface area contributed by atoms with Gasteiger partial charge in [-0.05, 0) is 113 Å². The third kappa shape index (κ3) is 8.75. The van der Waals surface area contributed by atoms with Crippen LogP contribution in [0.3, 0.4) is 0 Å². The average molecular weight is 638 g/mol. The van der Waals surface area contributed by atoms with E-state index < -0.39 is 24.5 Å². The molecule has 1 aliphatic carbocycles. The Balaban J connectivity index is 1.55. The van der Waals surface area contributed by atoms with Gasteiger partial charge in [0.05, 0.1) is 6.10 Å². The molecule has 1 aliphatic heterocycles. The fraction of sp³-hybridized carbons (Fsp3) is 0.618. The van der Waals surface area contributed by atoms with Gasteiger partial charge in [-0.2, -0.15) is 0 Å². The molecule has 1 saturated carbocycles. The smallest absolute Gasteiger partial charge is 0.480 e. The van der Waals surface area contributed by atoms with Crippen molar-refractivity contribution in [3.05, 3.63) is 69.2 Å². The van der Waals surface area contributed by atoms with Crippen molar-refractivity contribution in [3.8, 4) is 0 Å². The number of piperazine rings is 1. The lowest BCUT2D eigenvalue weighted by Gasteiger charge is -2.42. The number of carboxylic acid groups (broad SMARTS) is 1. The van der Waals surface area contributed by atoms with Crippen molar-refractivity contribution in [2.24, 2.45) is 0 Å². The van der Waals surface area contributed by atoms with Crippen molar-refractivity contribution in [1.29, 1.82) is 0 Å². The van der Waals surface area contributed by atoms with Gasteiger partial charge in [0.1, 0.15) is 6.04 Å². The Kier molecular flexibility index (Phi) is 11.8. The van der Waals surface area contributed by atoms with Gasteiger partial charge in [0.25, 0.3) is 0 Å². The van der Waals surface area contributed by atoms with E-state index in [-0.39, 0.29) is 24.8 Å². The number of carbonyl (C=O) groups is 1. The van der Waals surface area contributed by atoms with Crippen LogP contribution >= 0.6 is 11.6 Å². The highest BCUT2D eigenvalue weighted by molar-refractivity contribution is 6.30. The number of nitrogens with zero attached hydrogens (tertiary/aromatic N) is 3. The molecule has 2 atom stereocenters. The number of halogens is 4. The lowest BCUT2D eigenvalue weighted by molar-refractivity contribution is -0.345. The van der Waals surface area contributed by atoms with E-state index >= 15 is 0 Å². The summed E-state index contributed by atoms with van der Waals surface area (Å²) in [6, 6.07) is 11.4. The maximum Gasteiger partial charge on any atom is 0.522 e. The maximum atomic E-state index is 12.9. The monoisotopic (exact) mass is 637 g/mol. The number of carboxylic acids is 1. The lowest BCUT2D eigenvalue weighted by atomic mass is 9.77. The van der Waals surface area contributed by atoms with Crippen LogP contribution in [0.1, 0.15) is 91.8 Å². The van der Waals surface area contributed by atoms with Crippen LogP contribution in [0.4, 0.5) is 13.2 Å². The molecule has 0 radical (unpaired) electrons. The zero-order valence-electron chi connectivity index (χ0n) is 26.5. The van der Waals surface area contributed by atoms with Gasteiger partial charge in [-0.1, -0.05) is 35.9 Å². The molecule has 1 unspecified atom stereocenters. The average Bonchev–Trinajstić information content (AvgIpc) is 2.95. The summed E-state index contributed by atoms with van der Waals surface area (Å²) in [6.45, 7) is 12.8. The molecule has 4 rings (SSSR count). The molecule has 1 N–H and O–H groups in total. The van der Waals surface area contributed by atoms with Crippen molar-refractivity contribution < 1.29 is 27.8 Å². The summed E-state index contributed by atoms with van der Waals surface area (Å²) in [4.78, 5) is 19.8. The highest BCUT2D eigenvalue weighted by Gasteiger charge is 2.37. The van der Waals surface area contributed by atoms with Crippen LogP contribution in [0.25, 0.3) is 0 Å². The summed E-state index contributed by atoms with van der Waals surface area (Å²) in [7, 11) is 1.86. The molecule has 0 bridgehead atoms. The molecule has 0 aromatic heterocycles. The van der Waals surface area contributed by atoms with Crippen LogP contribution in [0.15, 0.2) is 36.4 Å². The first kappa shape index (κ1) is 34.7. The SMILES string of the molecule is Cc1ccc(Cl)cc1[C@H](CCN(C)C(C(=O)O)c1cccc(C)c1C1CCC(OC(F)(F)F)CC1)N1CCN(C(C)C)CC1. The minimum atomic E-state index is -4.65. The number of aliphatic carboxylic acids is 1. The minimum absolute atomic E-state index is 0.0198. The second kappa shape index (κ2) is 14.9. The van der Waals surface area contributed by atoms with Gasteiger partial charge in [-0.15, -0.1) is 13.2 Å². The van der Waals surface area contributed by atoms with Crippen LogP contribution in [-0.4, -0.2) is 84.1 Å². The van der Waals surface area contributed by atoms with E-state index in [2.05, 4.69) is 35.3 Å². The summed E-state index contributed by atoms with van der Waals surface area (Å²) in [5, 5.41) is 11.2. The zero-order chi connectivity index (χ0) is 32.2. The van der Waals surface area contributed by atoms with E-state index in [1.165, 1.54) is 5.56 Å². The fourth-order valence-corrected chi connectivity index (χ4v) is 7.42. The summed E-state index contributed by atoms with van der Waals surface area (Å²) >= 11 is 6.47. The summed E-state index contributed by atoms with van der Waals surface area (Å²) in [5.74, 6) is -0.955. The largest absolute Gasteiger partial charge is 0.522 e. The number of rotatable bonds is 11. The molecule has 2 aromatic rings. The van der Waals surface area contributed by atoms with Gasteiger partial charge in [-0.25, -0.2) is 0 Å². The highest BCUT2D eigenvalue weighted by Crippen LogP contribution is 2.41. The molecule has 44 heavy (non-hydrogen) atoms. The van der Waals surface area contributed by atoms with Crippen molar-refractivity contribution >= 4 is 17.6 Å². The van der Waals surface area contributed by atoms with E-state index in [4.69, 9.17) is 11.6 Å². The van der Waals surface area contributed by atoms with E-state index in [1.54, 1.807) is 0 Å². The topological polar surface area (TPSA) is 56.3 Å². The molecule has 0 amide bonds. The standard InChI is InChI=1S/C34H47ClF3N3O3/c1-22(2)40-17-19-41(20-18-40)30(29-21-26(35)12-9-23(29)3)15-16-39(5)32(33(42)43)28-8-6-7-24(4)31(28)25-10-13-27(14-11-25)44-34(36,37)38/h6-9,12,21-22,25,27,30,32H,10-11,13-20H2,1-5H3,(H,42,43)/t25?,27?,30-,32?/m0/s1. The number of aryl methyl sites for hydroxylation is 2. The summed E-state index contributed by atoms with van der Waals surface area (Å²) < 4.78 is 42.7. The fourth-order valence-electron chi connectivity index (χ4n) is 7.24. The molecule has 244 valence electrons. The molecule has 1 saturated heterocycles. The van der Waals surface area contributed by atoms with E-state index in [9.17, 15) is 23.1 Å². The Morgan fingerprint density at radius 1 is 1.00 bits per heavy atom. The Bertz CT molecular complexity index is 1260. The Morgan fingerprint density at radius 2 is 1.64 bits per heavy atom. The third-order valence-electron chi connectivity index (χ3n) is 9.59. The van der Waals surface area contributed by atoms with E-state index in [1.807, 2.05) is 55.3 Å². The lowest BCUT2D eigenvalue weighted by Crippen LogP contribution is -2.50. The van der Waals surface area contributed by atoms with Crippen LogP contribution in [0, 0.1) is 13.8 Å². The number of ether oxygens (including phenoxy) is 1. The predicted octanol–water partition coefficient (Wildman–Crippen LogP) is 7.73. The van der Waals surface area contributed by atoms with Crippen molar-refractivity contribution in [3.63, 3.8) is 0 Å². The van der Waals surface area contributed by atoms with Gasteiger partial charge in [-0.3, -0.25) is 24.2 Å². The summed E-state index contributed by atoms with van der Waals surface area (Å²) in [5.41, 5.74) is 4.97.